The standard InChI is InChI=1S/C14H21ClN2/c15-12-14(13-6-2-1-3-7-13)16-8-11-17-9-4-5-10-17/h1-3,6-7,14,16H,4-5,8-12H2. The van der Waals surface area contributed by atoms with Crippen molar-refractivity contribution in [2.24, 2.45) is 0 Å². The van der Waals surface area contributed by atoms with Crippen LogP contribution >= 0.6 is 11.6 Å². The van der Waals surface area contributed by atoms with Crippen LogP contribution in [0.25, 0.3) is 0 Å². The van der Waals surface area contributed by atoms with Gasteiger partial charge >= 0.3 is 0 Å². The molecule has 0 spiro atoms. The fourth-order valence-corrected chi connectivity index (χ4v) is 2.64. The van der Waals surface area contributed by atoms with Gasteiger partial charge in [0.1, 0.15) is 0 Å². The van der Waals surface area contributed by atoms with E-state index in [0.717, 1.165) is 13.1 Å². The summed E-state index contributed by atoms with van der Waals surface area (Å²) in [5.74, 6) is 0.629. The van der Waals surface area contributed by atoms with Gasteiger partial charge in [-0.15, -0.1) is 11.6 Å². The van der Waals surface area contributed by atoms with E-state index in [2.05, 4.69) is 34.5 Å². The lowest BCUT2D eigenvalue weighted by Crippen LogP contribution is -2.32. The summed E-state index contributed by atoms with van der Waals surface area (Å²) in [6.07, 6.45) is 2.72. The van der Waals surface area contributed by atoms with Gasteiger partial charge in [0, 0.05) is 25.0 Å². The zero-order chi connectivity index (χ0) is 11.9. The van der Waals surface area contributed by atoms with E-state index in [0.29, 0.717) is 5.88 Å². The van der Waals surface area contributed by atoms with Gasteiger partial charge in [-0.1, -0.05) is 30.3 Å². The van der Waals surface area contributed by atoms with Gasteiger partial charge < -0.3 is 10.2 Å². The average molecular weight is 253 g/mol. The van der Waals surface area contributed by atoms with Crippen molar-refractivity contribution in [3.63, 3.8) is 0 Å². The molecule has 0 amide bonds. The Morgan fingerprint density at radius 1 is 1.18 bits per heavy atom. The number of nitrogens with one attached hydrogen (secondary N) is 1. The molecule has 0 saturated carbocycles. The SMILES string of the molecule is ClCC(NCCN1CCCC1)c1ccccc1. The van der Waals surface area contributed by atoms with Crippen LogP contribution in [0, 0.1) is 0 Å². The molecule has 94 valence electrons. The van der Waals surface area contributed by atoms with Gasteiger partial charge in [0.25, 0.3) is 0 Å². The second-order valence-electron chi connectivity index (χ2n) is 4.62. The minimum Gasteiger partial charge on any atom is -0.308 e. The lowest BCUT2D eigenvalue weighted by molar-refractivity contribution is 0.330. The Morgan fingerprint density at radius 2 is 1.88 bits per heavy atom. The van der Waals surface area contributed by atoms with E-state index in [1.165, 1.54) is 31.5 Å². The van der Waals surface area contributed by atoms with E-state index in [4.69, 9.17) is 11.6 Å². The number of hydrogen-bond donors (Lipinski definition) is 1. The molecule has 1 aromatic carbocycles. The van der Waals surface area contributed by atoms with Gasteiger partial charge in [0.2, 0.25) is 0 Å². The maximum Gasteiger partial charge on any atom is 0.0457 e. The minimum absolute atomic E-state index is 0.278. The zero-order valence-corrected chi connectivity index (χ0v) is 11.0. The Kier molecular flexibility index (Phi) is 5.30. The van der Waals surface area contributed by atoms with Gasteiger partial charge in [0.15, 0.2) is 0 Å². The van der Waals surface area contributed by atoms with Crippen LogP contribution in [0.4, 0.5) is 0 Å². The maximum absolute atomic E-state index is 6.02. The molecule has 0 radical (unpaired) electrons. The molecule has 2 rings (SSSR count). The molecule has 1 saturated heterocycles. The summed E-state index contributed by atoms with van der Waals surface area (Å²) < 4.78 is 0. The Balaban J connectivity index is 1.75. The lowest BCUT2D eigenvalue weighted by atomic mass is 10.1. The smallest absolute Gasteiger partial charge is 0.0457 e. The molecule has 3 heteroatoms. The highest BCUT2D eigenvalue weighted by atomic mass is 35.5. The van der Waals surface area contributed by atoms with E-state index in [9.17, 15) is 0 Å². The molecule has 1 fully saturated rings. The predicted molar refractivity (Wildman–Crippen MR) is 73.6 cm³/mol. The van der Waals surface area contributed by atoms with E-state index in [1.54, 1.807) is 0 Å². The monoisotopic (exact) mass is 252 g/mol. The Morgan fingerprint density at radius 3 is 2.53 bits per heavy atom. The molecule has 1 aliphatic heterocycles. The second kappa shape index (κ2) is 7.00. The second-order valence-corrected chi connectivity index (χ2v) is 4.93. The van der Waals surface area contributed by atoms with Crippen molar-refractivity contribution in [3.05, 3.63) is 35.9 Å². The van der Waals surface area contributed by atoms with Crippen molar-refractivity contribution in [1.29, 1.82) is 0 Å². The molecule has 1 aromatic rings. The van der Waals surface area contributed by atoms with Crippen molar-refractivity contribution in [2.75, 3.05) is 32.1 Å². The molecular formula is C14H21ClN2. The number of rotatable bonds is 6. The first kappa shape index (κ1) is 12.9. The summed E-state index contributed by atoms with van der Waals surface area (Å²) in [4.78, 5) is 2.52. The quantitative estimate of drug-likeness (QED) is 0.784. The van der Waals surface area contributed by atoms with E-state index < -0.39 is 0 Å². The number of halogens is 1. The Hall–Kier alpha value is -0.570. The van der Waals surface area contributed by atoms with Crippen molar-refractivity contribution < 1.29 is 0 Å². The van der Waals surface area contributed by atoms with Crippen LogP contribution in [0.5, 0.6) is 0 Å². The third-order valence-electron chi connectivity index (χ3n) is 3.37. The molecule has 1 atom stereocenters. The Labute approximate surface area is 109 Å². The van der Waals surface area contributed by atoms with Gasteiger partial charge in [-0.2, -0.15) is 0 Å². The minimum atomic E-state index is 0.278. The molecule has 0 bridgehead atoms. The highest BCUT2D eigenvalue weighted by molar-refractivity contribution is 6.18. The van der Waals surface area contributed by atoms with Crippen LogP contribution in [-0.2, 0) is 0 Å². The summed E-state index contributed by atoms with van der Waals surface area (Å²) in [6.45, 7) is 4.68. The third-order valence-corrected chi connectivity index (χ3v) is 3.68. The summed E-state index contributed by atoms with van der Waals surface area (Å²) >= 11 is 6.02. The molecule has 1 N–H and O–H groups in total. The van der Waals surface area contributed by atoms with Crippen LogP contribution in [0.3, 0.4) is 0 Å². The summed E-state index contributed by atoms with van der Waals surface area (Å²) in [5, 5.41) is 3.54. The lowest BCUT2D eigenvalue weighted by Gasteiger charge is -2.19. The molecule has 2 nitrogen and oxygen atoms in total. The fraction of sp³-hybridized carbons (Fsp3) is 0.571. The molecule has 17 heavy (non-hydrogen) atoms. The molecule has 0 aliphatic carbocycles. The number of nitrogens with zero attached hydrogens (tertiary/aromatic N) is 1. The van der Waals surface area contributed by atoms with Crippen LogP contribution in [0.2, 0.25) is 0 Å². The number of hydrogen-bond acceptors (Lipinski definition) is 2. The number of likely N-dealkylation sites (tertiary alicyclic amines) is 1. The first-order valence-corrected chi connectivity index (χ1v) is 7.00. The number of alkyl halides is 1. The highest BCUT2D eigenvalue weighted by Crippen LogP contribution is 2.14. The third kappa shape index (κ3) is 3.98. The van der Waals surface area contributed by atoms with Crippen LogP contribution in [-0.4, -0.2) is 37.0 Å². The van der Waals surface area contributed by atoms with Gasteiger partial charge in [0.05, 0.1) is 0 Å². The highest BCUT2D eigenvalue weighted by Gasteiger charge is 2.12. The molecule has 1 aliphatic rings. The molecule has 1 unspecified atom stereocenters. The first-order valence-electron chi connectivity index (χ1n) is 6.47. The van der Waals surface area contributed by atoms with Crippen LogP contribution < -0.4 is 5.32 Å². The van der Waals surface area contributed by atoms with E-state index in [1.807, 2.05) is 6.07 Å². The summed E-state index contributed by atoms with van der Waals surface area (Å²) in [5.41, 5.74) is 1.28. The topological polar surface area (TPSA) is 15.3 Å². The van der Waals surface area contributed by atoms with Crippen molar-refractivity contribution >= 4 is 11.6 Å². The molecular weight excluding hydrogens is 232 g/mol. The first-order chi connectivity index (χ1) is 8.40. The number of benzene rings is 1. The summed E-state index contributed by atoms with van der Waals surface area (Å²) in [6, 6.07) is 10.7. The van der Waals surface area contributed by atoms with Gasteiger partial charge in [-0.05, 0) is 31.5 Å². The fourth-order valence-electron chi connectivity index (χ4n) is 2.35. The van der Waals surface area contributed by atoms with E-state index in [-0.39, 0.29) is 6.04 Å². The van der Waals surface area contributed by atoms with Gasteiger partial charge in [-0.25, -0.2) is 0 Å². The normalized spacial score (nSPS) is 18.4. The van der Waals surface area contributed by atoms with Crippen molar-refractivity contribution in [3.8, 4) is 0 Å². The predicted octanol–water partition coefficient (Wildman–Crippen LogP) is 2.65. The van der Waals surface area contributed by atoms with Crippen molar-refractivity contribution in [1.82, 2.24) is 10.2 Å². The van der Waals surface area contributed by atoms with Crippen molar-refractivity contribution in [2.45, 2.75) is 18.9 Å². The van der Waals surface area contributed by atoms with Crippen LogP contribution in [0.15, 0.2) is 30.3 Å². The Bertz CT molecular complexity index is 309. The maximum atomic E-state index is 6.02. The molecule has 1 heterocycles. The van der Waals surface area contributed by atoms with E-state index >= 15 is 0 Å². The zero-order valence-electron chi connectivity index (χ0n) is 10.2. The molecule has 0 aromatic heterocycles. The largest absolute Gasteiger partial charge is 0.308 e. The van der Waals surface area contributed by atoms with Crippen LogP contribution in [0.1, 0.15) is 24.4 Å². The average Bonchev–Trinajstić information content (AvgIpc) is 2.89. The summed E-state index contributed by atoms with van der Waals surface area (Å²) in [7, 11) is 0. The van der Waals surface area contributed by atoms with Gasteiger partial charge in [-0.3, -0.25) is 0 Å².